The van der Waals surface area contributed by atoms with Crippen LogP contribution in [0.5, 0.6) is 0 Å². The molecular weight excluding hydrogens is 281 g/mol. The van der Waals surface area contributed by atoms with E-state index in [1.54, 1.807) is 0 Å². The van der Waals surface area contributed by atoms with Gasteiger partial charge in [-0.3, -0.25) is 14.3 Å². The predicted octanol–water partition coefficient (Wildman–Crippen LogP) is 1.10. The second-order valence-corrected chi connectivity index (χ2v) is 3.35. The Hall–Kier alpha value is -2.20. The monoisotopic (exact) mass is 287 g/mol. The lowest BCUT2D eigenvalue weighted by atomic mass is 10.3. The fourth-order valence-corrected chi connectivity index (χ4v) is 0.991. The van der Waals surface area contributed by atoms with Gasteiger partial charge in [-0.25, -0.2) is 0 Å². The van der Waals surface area contributed by atoms with Crippen molar-refractivity contribution in [3.8, 4) is 0 Å². The number of nitrogens with one attached hydrogen (secondary N) is 1. The average molecular weight is 287 g/mol. The highest BCUT2D eigenvalue weighted by Gasteiger charge is 2.63. The Bertz CT molecular complexity index is 496. The highest BCUT2D eigenvalue weighted by atomic mass is 19.4. The maximum Gasteiger partial charge on any atom is 0.463 e. The molecular formula is C8H6F5N3O3. The van der Waals surface area contributed by atoms with E-state index in [0.29, 0.717) is 0 Å². The number of carbonyl (C=O) groups excluding carboxylic acids is 1. The van der Waals surface area contributed by atoms with Crippen molar-refractivity contribution in [1.29, 1.82) is 0 Å². The average Bonchev–Trinajstić information content (AvgIpc) is 2.62. The minimum Gasteiger partial charge on any atom is -0.480 e. The van der Waals surface area contributed by atoms with Gasteiger partial charge in [0.2, 0.25) is 0 Å². The van der Waals surface area contributed by atoms with Crippen LogP contribution < -0.4 is 5.32 Å². The van der Waals surface area contributed by atoms with E-state index in [1.807, 2.05) is 0 Å². The van der Waals surface area contributed by atoms with Crippen LogP contribution in [0.4, 0.5) is 27.6 Å². The van der Waals surface area contributed by atoms with Crippen molar-refractivity contribution in [2.24, 2.45) is 0 Å². The fraction of sp³-hybridized carbons (Fsp3) is 0.375. The summed E-state index contributed by atoms with van der Waals surface area (Å²) in [7, 11) is 0. The van der Waals surface area contributed by atoms with Gasteiger partial charge in [-0.15, -0.1) is 0 Å². The summed E-state index contributed by atoms with van der Waals surface area (Å²) >= 11 is 0. The molecule has 1 aromatic heterocycles. The molecule has 0 atom stereocenters. The molecule has 106 valence electrons. The SMILES string of the molecule is O=C(O)Cn1cc(NC(=O)C(F)(F)C(F)(F)F)cn1. The molecule has 0 fully saturated rings. The van der Waals surface area contributed by atoms with Crippen molar-refractivity contribution in [3.05, 3.63) is 12.4 Å². The fourth-order valence-electron chi connectivity index (χ4n) is 0.991. The van der Waals surface area contributed by atoms with E-state index in [2.05, 4.69) is 5.10 Å². The molecule has 0 spiro atoms. The number of carboxylic acid groups (broad SMARTS) is 1. The Balaban J connectivity index is 2.78. The van der Waals surface area contributed by atoms with Gasteiger partial charge < -0.3 is 10.4 Å². The van der Waals surface area contributed by atoms with Crippen molar-refractivity contribution in [2.75, 3.05) is 5.32 Å². The Morgan fingerprint density at radius 2 is 1.89 bits per heavy atom. The van der Waals surface area contributed by atoms with E-state index < -0.39 is 36.2 Å². The van der Waals surface area contributed by atoms with Crippen LogP contribution in [0.3, 0.4) is 0 Å². The van der Waals surface area contributed by atoms with Crippen molar-refractivity contribution in [2.45, 2.75) is 18.6 Å². The van der Waals surface area contributed by atoms with Gasteiger partial charge in [-0.1, -0.05) is 0 Å². The first-order valence-electron chi connectivity index (χ1n) is 4.54. The molecule has 11 heteroatoms. The molecule has 0 aromatic carbocycles. The van der Waals surface area contributed by atoms with Gasteiger partial charge in [0.1, 0.15) is 6.54 Å². The van der Waals surface area contributed by atoms with E-state index in [1.165, 1.54) is 5.32 Å². The number of aromatic nitrogens is 2. The minimum absolute atomic E-state index is 0.477. The number of hydrogen-bond donors (Lipinski definition) is 2. The minimum atomic E-state index is -6.02. The summed E-state index contributed by atoms with van der Waals surface area (Å²) in [5, 5.41) is 13.0. The van der Waals surface area contributed by atoms with Gasteiger partial charge >= 0.3 is 24.0 Å². The van der Waals surface area contributed by atoms with E-state index in [4.69, 9.17) is 5.11 Å². The predicted molar refractivity (Wildman–Crippen MR) is 49.5 cm³/mol. The molecule has 1 aromatic rings. The molecule has 0 bridgehead atoms. The molecule has 0 aliphatic heterocycles. The van der Waals surface area contributed by atoms with Gasteiger partial charge in [0, 0.05) is 6.20 Å². The number of alkyl halides is 5. The van der Waals surface area contributed by atoms with Gasteiger partial charge in [-0.05, 0) is 0 Å². The second kappa shape index (κ2) is 4.82. The molecule has 1 heterocycles. The van der Waals surface area contributed by atoms with Crippen LogP contribution in [0, 0.1) is 0 Å². The summed E-state index contributed by atoms with van der Waals surface area (Å²) in [6, 6.07) is 0. The number of carbonyl (C=O) groups is 2. The Labute approximate surface area is 101 Å². The Morgan fingerprint density at radius 1 is 1.32 bits per heavy atom. The third-order valence-electron chi connectivity index (χ3n) is 1.83. The highest BCUT2D eigenvalue weighted by molar-refractivity contribution is 5.96. The van der Waals surface area contributed by atoms with Crippen LogP contribution in [-0.4, -0.2) is 38.9 Å². The number of anilines is 1. The number of carboxylic acids is 1. The molecule has 1 rings (SSSR count). The molecule has 1 amide bonds. The van der Waals surface area contributed by atoms with Crippen molar-refractivity contribution in [1.82, 2.24) is 9.78 Å². The van der Waals surface area contributed by atoms with Gasteiger partial charge in [0.25, 0.3) is 0 Å². The summed E-state index contributed by atoms with van der Waals surface area (Å²) in [6.45, 7) is -0.633. The van der Waals surface area contributed by atoms with Crippen molar-refractivity contribution >= 4 is 17.6 Å². The standard InChI is InChI=1S/C8H6F5N3O3/c9-7(10,8(11,12)13)6(19)15-4-1-14-16(2-4)3-5(17)18/h1-2H,3H2,(H,15,19)(H,17,18). The van der Waals surface area contributed by atoms with E-state index in [-0.39, 0.29) is 0 Å². The summed E-state index contributed by atoms with van der Waals surface area (Å²) in [4.78, 5) is 21.1. The third-order valence-corrected chi connectivity index (χ3v) is 1.83. The van der Waals surface area contributed by atoms with E-state index >= 15 is 0 Å². The number of rotatable bonds is 4. The summed E-state index contributed by atoms with van der Waals surface area (Å²) in [6.07, 6.45) is -4.47. The first kappa shape index (κ1) is 14.9. The lowest BCUT2D eigenvalue weighted by molar-refractivity contribution is -0.267. The zero-order valence-electron chi connectivity index (χ0n) is 8.91. The molecule has 0 aliphatic carbocycles. The quantitative estimate of drug-likeness (QED) is 0.812. The van der Waals surface area contributed by atoms with Gasteiger partial charge in [0.15, 0.2) is 0 Å². The number of halogens is 5. The molecule has 0 radical (unpaired) electrons. The van der Waals surface area contributed by atoms with Crippen molar-refractivity contribution < 1.29 is 36.6 Å². The smallest absolute Gasteiger partial charge is 0.463 e. The second-order valence-electron chi connectivity index (χ2n) is 3.35. The largest absolute Gasteiger partial charge is 0.480 e. The third kappa shape index (κ3) is 3.39. The summed E-state index contributed by atoms with van der Waals surface area (Å²) < 4.78 is 61.4. The molecule has 6 nitrogen and oxygen atoms in total. The molecule has 2 N–H and O–H groups in total. The van der Waals surface area contributed by atoms with Gasteiger partial charge in [-0.2, -0.15) is 27.1 Å². The van der Waals surface area contributed by atoms with Gasteiger partial charge in [0.05, 0.1) is 11.9 Å². The lowest BCUT2D eigenvalue weighted by Gasteiger charge is -2.17. The Morgan fingerprint density at radius 3 is 2.37 bits per heavy atom. The first-order valence-corrected chi connectivity index (χ1v) is 4.54. The Kier molecular flexibility index (Phi) is 3.77. The summed E-state index contributed by atoms with van der Waals surface area (Å²) in [5.41, 5.74) is -0.477. The zero-order valence-corrected chi connectivity index (χ0v) is 8.91. The van der Waals surface area contributed by atoms with Crippen LogP contribution >= 0.6 is 0 Å². The molecule has 0 saturated carbocycles. The van der Waals surface area contributed by atoms with E-state index in [0.717, 1.165) is 17.1 Å². The van der Waals surface area contributed by atoms with Crippen LogP contribution in [-0.2, 0) is 16.1 Å². The van der Waals surface area contributed by atoms with Crippen LogP contribution in [0.1, 0.15) is 0 Å². The first-order chi connectivity index (χ1) is 8.54. The van der Waals surface area contributed by atoms with E-state index in [9.17, 15) is 31.5 Å². The maximum absolute atomic E-state index is 12.6. The molecule has 0 unspecified atom stereocenters. The maximum atomic E-state index is 12.6. The molecule has 0 saturated heterocycles. The normalized spacial score (nSPS) is 12.3. The number of amides is 1. The highest BCUT2D eigenvalue weighted by Crippen LogP contribution is 2.36. The number of nitrogens with zero attached hydrogens (tertiary/aromatic N) is 2. The van der Waals surface area contributed by atoms with Crippen molar-refractivity contribution in [3.63, 3.8) is 0 Å². The van der Waals surface area contributed by atoms with Crippen LogP contribution in [0.25, 0.3) is 0 Å². The number of hydrogen-bond acceptors (Lipinski definition) is 3. The van der Waals surface area contributed by atoms with Crippen LogP contribution in [0.15, 0.2) is 12.4 Å². The molecule has 0 aliphatic rings. The number of aliphatic carboxylic acids is 1. The zero-order chi connectivity index (χ0) is 14.8. The topological polar surface area (TPSA) is 84.2 Å². The lowest BCUT2D eigenvalue weighted by Crippen LogP contribution is -2.47. The summed E-state index contributed by atoms with van der Waals surface area (Å²) in [5.74, 6) is -9.43. The van der Waals surface area contributed by atoms with Crippen LogP contribution in [0.2, 0.25) is 0 Å². The molecule has 19 heavy (non-hydrogen) atoms.